The molecule has 1 amide bonds. The summed E-state index contributed by atoms with van der Waals surface area (Å²) in [6, 6.07) is 10.1. The lowest BCUT2D eigenvalue weighted by Crippen LogP contribution is -2.23. The van der Waals surface area contributed by atoms with Crippen molar-refractivity contribution >= 4 is 34.7 Å². The van der Waals surface area contributed by atoms with E-state index >= 15 is 0 Å². The smallest absolute Gasteiger partial charge is 0.354 e. The van der Waals surface area contributed by atoms with E-state index in [1.807, 2.05) is 0 Å². The minimum atomic E-state index is -0.773. The number of carbonyl (C=O) groups excluding carboxylic acids is 1. The molecule has 4 rings (SSSR count). The number of carbonyl (C=O) groups is 1. The Morgan fingerprint density at radius 3 is 2.60 bits per heavy atom. The number of anilines is 1. The zero-order chi connectivity index (χ0) is 21.3. The van der Waals surface area contributed by atoms with Crippen molar-refractivity contribution in [1.82, 2.24) is 24.4 Å². The lowest BCUT2D eigenvalue weighted by atomic mass is 10.2. The van der Waals surface area contributed by atoms with Gasteiger partial charge in [-0.1, -0.05) is 11.6 Å². The number of nitrogen functional groups attached to an aromatic ring is 1. The molecule has 11 heteroatoms. The summed E-state index contributed by atoms with van der Waals surface area (Å²) in [5, 5.41) is 2.79. The molecule has 0 aliphatic rings. The molecule has 0 fully saturated rings. The highest BCUT2D eigenvalue weighted by molar-refractivity contribution is 7.17. The summed E-state index contributed by atoms with van der Waals surface area (Å²) >= 11 is 7.05. The molecule has 0 bridgehead atoms. The van der Waals surface area contributed by atoms with E-state index in [1.54, 1.807) is 53.5 Å². The van der Waals surface area contributed by atoms with Crippen molar-refractivity contribution in [2.75, 3.05) is 5.73 Å². The van der Waals surface area contributed by atoms with Crippen LogP contribution >= 0.6 is 22.9 Å². The summed E-state index contributed by atoms with van der Waals surface area (Å²) in [7, 11) is 0. The van der Waals surface area contributed by atoms with Gasteiger partial charge in [0.05, 0.1) is 39.7 Å². The highest BCUT2D eigenvalue weighted by Crippen LogP contribution is 2.21. The number of benzene rings is 1. The Morgan fingerprint density at radius 1 is 1.17 bits per heavy atom. The van der Waals surface area contributed by atoms with Gasteiger partial charge in [-0.05, 0) is 36.4 Å². The third-order valence-electron chi connectivity index (χ3n) is 4.20. The molecule has 0 atom stereocenters. The molecule has 0 radical (unpaired) electrons. The maximum Gasteiger partial charge on any atom is 0.354 e. The van der Waals surface area contributed by atoms with Crippen LogP contribution in [0.4, 0.5) is 10.2 Å². The first-order valence-corrected chi connectivity index (χ1v) is 9.82. The van der Waals surface area contributed by atoms with E-state index < -0.39 is 17.3 Å². The van der Waals surface area contributed by atoms with Crippen molar-refractivity contribution in [2.24, 2.45) is 0 Å². The number of aromatic nitrogens is 4. The fourth-order valence-corrected chi connectivity index (χ4v) is 3.67. The summed E-state index contributed by atoms with van der Waals surface area (Å²) in [6.07, 6.45) is 4.38. The molecule has 0 unspecified atom stereocenters. The van der Waals surface area contributed by atoms with Crippen molar-refractivity contribution in [3.05, 3.63) is 86.3 Å². The molecule has 30 heavy (non-hydrogen) atoms. The van der Waals surface area contributed by atoms with Crippen LogP contribution in [0.5, 0.6) is 0 Å². The molecule has 0 saturated heterocycles. The van der Waals surface area contributed by atoms with Crippen LogP contribution in [0, 0.1) is 5.82 Å². The predicted molar refractivity (Wildman–Crippen MR) is 112 cm³/mol. The number of nitrogens with two attached hydrogens (primary N) is 1. The zero-order valence-electron chi connectivity index (χ0n) is 15.3. The first-order valence-electron chi connectivity index (χ1n) is 8.62. The van der Waals surface area contributed by atoms with Crippen LogP contribution in [0.15, 0.2) is 59.9 Å². The monoisotopic (exact) mass is 444 g/mol. The maximum absolute atomic E-state index is 13.6. The molecule has 0 aliphatic carbocycles. The Bertz CT molecular complexity index is 1280. The summed E-state index contributed by atoms with van der Waals surface area (Å²) in [6.45, 7) is 0.255. The highest BCUT2D eigenvalue weighted by Gasteiger charge is 2.10. The number of hydrogen-bond donors (Lipinski definition) is 2. The normalized spacial score (nSPS) is 10.9. The van der Waals surface area contributed by atoms with Gasteiger partial charge in [0.15, 0.2) is 11.6 Å². The van der Waals surface area contributed by atoms with E-state index in [9.17, 15) is 14.0 Å². The number of rotatable bonds is 5. The van der Waals surface area contributed by atoms with Crippen LogP contribution in [-0.2, 0) is 6.54 Å². The number of halogens is 2. The molecule has 3 aromatic heterocycles. The van der Waals surface area contributed by atoms with E-state index in [1.165, 1.54) is 11.3 Å². The maximum atomic E-state index is 13.6. The third kappa shape index (κ3) is 4.09. The minimum absolute atomic E-state index is 0.222. The van der Waals surface area contributed by atoms with Crippen LogP contribution in [0.25, 0.3) is 11.4 Å². The second-order valence-corrected chi connectivity index (χ2v) is 7.92. The van der Waals surface area contributed by atoms with Crippen molar-refractivity contribution < 1.29 is 9.18 Å². The van der Waals surface area contributed by atoms with Crippen molar-refractivity contribution in [1.29, 1.82) is 0 Å². The van der Waals surface area contributed by atoms with E-state index in [-0.39, 0.29) is 12.5 Å². The molecule has 1 aromatic carbocycles. The topological polar surface area (TPSA) is 108 Å². The fourth-order valence-electron chi connectivity index (χ4n) is 2.71. The second-order valence-electron chi connectivity index (χ2n) is 6.20. The molecule has 3 N–H and O–H groups in total. The van der Waals surface area contributed by atoms with Gasteiger partial charge in [-0.25, -0.2) is 14.2 Å². The van der Waals surface area contributed by atoms with Crippen LogP contribution in [0.2, 0.25) is 4.34 Å². The van der Waals surface area contributed by atoms with Crippen LogP contribution in [0.3, 0.4) is 0 Å². The average molecular weight is 445 g/mol. The lowest BCUT2D eigenvalue weighted by Gasteiger charge is -2.08. The standard InChI is InChI=1S/C19H14ClFN6O2S/c20-16-6-5-15(30-16)18(28)23-7-11-8-26(10-24-11)12-1-3-13(4-2-12)27-9-14(21)17(22)25-19(27)29/h1-6,8-10H,7H2,(H,23,28)(H2,22,25,29). The van der Waals surface area contributed by atoms with Crippen molar-refractivity contribution in [3.63, 3.8) is 0 Å². The number of nitrogens with one attached hydrogen (secondary N) is 1. The van der Waals surface area contributed by atoms with Crippen molar-refractivity contribution in [3.8, 4) is 11.4 Å². The number of imidazole rings is 1. The predicted octanol–water partition coefficient (Wildman–Crippen LogP) is 2.78. The van der Waals surface area contributed by atoms with Crippen LogP contribution in [0.1, 0.15) is 15.4 Å². The molecule has 4 aromatic rings. The molecular weight excluding hydrogens is 431 g/mol. The first kappa shape index (κ1) is 19.8. The minimum Gasteiger partial charge on any atom is -0.381 e. The molecule has 3 heterocycles. The number of nitrogens with zero attached hydrogens (tertiary/aromatic N) is 4. The Balaban J connectivity index is 1.47. The van der Waals surface area contributed by atoms with Gasteiger partial charge in [0.25, 0.3) is 5.91 Å². The van der Waals surface area contributed by atoms with Gasteiger partial charge >= 0.3 is 5.69 Å². The van der Waals surface area contributed by atoms with Gasteiger partial charge in [0.1, 0.15) is 0 Å². The Hall–Kier alpha value is -3.50. The van der Waals surface area contributed by atoms with Crippen molar-refractivity contribution in [2.45, 2.75) is 6.54 Å². The molecule has 0 saturated carbocycles. The quantitative estimate of drug-likeness (QED) is 0.492. The van der Waals surface area contributed by atoms with Gasteiger partial charge in [0.2, 0.25) is 0 Å². The Morgan fingerprint density at radius 2 is 1.90 bits per heavy atom. The van der Waals surface area contributed by atoms with Gasteiger partial charge in [-0.2, -0.15) is 4.98 Å². The summed E-state index contributed by atoms with van der Waals surface area (Å²) in [5.74, 6) is -1.43. The Labute approximate surface area is 178 Å². The zero-order valence-corrected chi connectivity index (χ0v) is 16.8. The molecular formula is C19H14ClFN6O2S. The van der Waals surface area contributed by atoms with Gasteiger partial charge in [-0.15, -0.1) is 11.3 Å². The summed E-state index contributed by atoms with van der Waals surface area (Å²) < 4.78 is 17.0. The van der Waals surface area contributed by atoms with E-state index in [2.05, 4.69) is 15.3 Å². The third-order valence-corrected chi connectivity index (χ3v) is 5.43. The molecule has 8 nitrogen and oxygen atoms in total. The van der Waals surface area contributed by atoms with E-state index in [4.69, 9.17) is 17.3 Å². The first-order chi connectivity index (χ1) is 14.4. The van der Waals surface area contributed by atoms with Gasteiger partial charge in [-0.3, -0.25) is 9.36 Å². The molecule has 0 spiro atoms. The molecule has 0 aliphatic heterocycles. The fraction of sp³-hybridized carbons (Fsp3) is 0.0526. The highest BCUT2D eigenvalue weighted by atomic mass is 35.5. The lowest BCUT2D eigenvalue weighted by molar-refractivity contribution is 0.0954. The van der Waals surface area contributed by atoms with Crippen LogP contribution in [-0.4, -0.2) is 25.0 Å². The van der Waals surface area contributed by atoms with E-state index in [0.717, 1.165) is 16.5 Å². The number of thiophene rings is 1. The SMILES string of the molecule is Nc1nc(=O)n(-c2ccc(-n3cnc(CNC(=O)c4ccc(Cl)s4)c3)cc2)cc1F. The number of hydrogen-bond acceptors (Lipinski definition) is 6. The largest absolute Gasteiger partial charge is 0.381 e. The molecule has 152 valence electrons. The van der Waals surface area contributed by atoms with E-state index in [0.29, 0.717) is 20.6 Å². The second kappa shape index (κ2) is 8.09. The van der Waals surface area contributed by atoms with Gasteiger partial charge < -0.3 is 15.6 Å². The summed E-state index contributed by atoms with van der Waals surface area (Å²) in [4.78, 5) is 32.3. The average Bonchev–Trinajstić information content (AvgIpc) is 3.38. The summed E-state index contributed by atoms with van der Waals surface area (Å²) in [5.41, 5.74) is 6.51. The van der Waals surface area contributed by atoms with Crippen LogP contribution < -0.4 is 16.7 Å². The Kier molecular flexibility index (Phi) is 5.34. The van der Waals surface area contributed by atoms with Gasteiger partial charge in [0, 0.05) is 11.9 Å². The number of amides is 1.